The highest BCUT2D eigenvalue weighted by Gasteiger charge is 2.30. The molecule has 7 heteroatoms. The number of aryl methyl sites for hydroxylation is 1. The van der Waals surface area contributed by atoms with E-state index in [4.69, 9.17) is 0 Å². The highest BCUT2D eigenvalue weighted by molar-refractivity contribution is 9.11. The molecule has 21 heavy (non-hydrogen) atoms. The Hall–Kier alpha value is 0.0500. The van der Waals surface area contributed by atoms with E-state index < -0.39 is 10.0 Å². The smallest absolute Gasteiger partial charge is 0.241 e. The lowest BCUT2D eigenvalue weighted by molar-refractivity contribution is 0.164. The molecule has 2 atom stereocenters. The Morgan fingerprint density at radius 1 is 1.24 bits per heavy atom. The van der Waals surface area contributed by atoms with Crippen molar-refractivity contribution in [2.75, 3.05) is 6.61 Å². The average Bonchev–Trinajstić information content (AvgIpc) is 2.43. The number of hydrogen-bond acceptors (Lipinski definition) is 3. The molecule has 2 N–H and O–H groups in total. The van der Waals surface area contributed by atoms with E-state index in [2.05, 4.69) is 36.6 Å². The lowest BCUT2D eigenvalue weighted by Gasteiger charge is -2.30. The minimum Gasteiger partial charge on any atom is -0.396 e. The first kappa shape index (κ1) is 17.4. The lowest BCUT2D eigenvalue weighted by atomic mass is 9.86. The van der Waals surface area contributed by atoms with Crippen LogP contribution in [-0.4, -0.2) is 26.2 Å². The molecular formula is C14H19Br2NO3S. The molecule has 1 aromatic carbocycles. The van der Waals surface area contributed by atoms with Crippen molar-refractivity contribution < 1.29 is 13.5 Å². The van der Waals surface area contributed by atoms with Gasteiger partial charge in [-0.15, -0.1) is 0 Å². The normalized spacial score (nSPS) is 23.2. The summed E-state index contributed by atoms with van der Waals surface area (Å²) in [4.78, 5) is 0.224. The van der Waals surface area contributed by atoms with Gasteiger partial charge in [-0.25, -0.2) is 13.1 Å². The van der Waals surface area contributed by atoms with Crippen LogP contribution in [0, 0.1) is 12.8 Å². The average molecular weight is 441 g/mol. The summed E-state index contributed by atoms with van der Waals surface area (Å²) in [6.07, 6.45) is 3.67. The Bertz CT molecular complexity index is 619. The fraction of sp³-hybridized carbons (Fsp3) is 0.571. The number of benzene rings is 1. The number of halogens is 2. The summed E-state index contributed by atoms with van der Waals surface area (Å²) >= 11 is 6.70. The topological polar surface area (TPSA) is 66.4 Å². The van der Waals surface area contributed by atoms with E-state index >= 15 is 0 Å². The van der Waals surface area contributed by atoms with Crippen LogP contribution in [0.15, 0.2) is 26.0 Å². The summed E-state index contributed by atoms with van der Waals surface area (Å²) < 4.78 is 29.3. The van der Waals surface area contributed by atoms with Crippen LogP contribution in [0.3, 0.4) is 0 Å². The zero-order valence-electron chi connectivity index (χ0n) is 11.8. The number of hydrogen-bond donors (Lipinski definition) is 2. The van der Waals surface area contributed by atoms with Gasteiger partial charge in [0.25, 0.3) is 0 Å². The van der Waals surface area contributed by atoms with Gasteiger partial charge in [0.2, 0.25) is 10.0 Å². The van der Waals surface area contributed by atoms with E-state index in [0.717, 1.165) is 35.7 Å². The molecule has 0 saturated heterocycles. The van der Waals surface area contributed by atoms with Gasteiger partial charge in [0.15, 0.2) is 0 Å². The standard InChI is InChI=1S/C14H19Br2NO3S/c1-9-6-12(16)14(7-11(9)15)21(19,20)17-13-5-3-2-4-10(13)8-18/h6-7,10,13,17-18H,2-5,8H2,1H3. The molecule has 1 aliphatic rings. The maximum Gasteiger partial charge on any atom is 0.241 e. The first-order chi connectivity index (χ1) is 9.85. The molecule has 1 saturated carbocycles. The van der Waals surface area contributed by atoms with Crippen LogP contribution in [-0.2, 0) is 10.0 Å². The first-order valence-corrected chi connectivity index (χ1v) is 10.0. The maximum absolute atomic E-state index is 12.6. The van der Waals surface area contributed by atoms with Crippen LogP contribution in [0.2, 0.25) is 0 Å². The summed E-state index contributed by atoms with van der Waals surface area (Å²) in [5.74, 6) is 0.00110. The van der Waals surface area contributed by atoms with E-state index in [9.17, 15) is 13.5 Å². The van der Waals surface area contributed by atoms with Gasteiger partial charge in [-0.05, 0) is 59.3 Å². The molecule has 1 aromatic rings. The molecule has 0 aromatic heterocycles. The van der Waals surface area contributed by atoms with Crippen molar-refractivity contribution >= 4 is 41.9 Å². The lowest BCUT2D eigenvalue weighted by Crippen LogP contribution is -2.43. The van der Waals surface area contributed by atoms with Gasteiger partial charge in [0.1, 0.15) is 0 Å². The number of rotatable bonds is 4. The van der Waals surface area contributed by atoms with Crippen LogP contribution in [0.4, 0.5) is 0 Å². The molecule has 0 bridgehead atoms. The molecule has 0 heterocycles. The van der Waals surface area contributed by atoms with E-state index in [0.29, 0.717) is 4.47 Å². The molecule has 0 radical (unpaired) electrons. The summed E-state index contributed by atoms with van der Waals surface area (Å²) in [5, 5.41) is 9.41. The van der Waals surface area contributed by atoms with E-state index in [1.54, 1.807) is 12.1 Å². The van der Waals surface area contributed by atoms with Gasteiger partial charge in [0, 0.05) is 21.6 Å². The molecule has 0 amide bonds. The molecule has 1 fully saturated rings. The Kier molecular flexibility index (Phi) is 5.87. The second-order valence-corrected chi connectivity index (χ2v) is 8.88. The number of aliphatic hydroxyl groups excluding tert-OH is 1. The monoisotopic (exact) mass is 439 g/mol. The number of aliphatic hydroxyl groups is 1. The zero-order valence-corrected chi connectivity index (χ0v) is 15.8. The van der Waals surface area contributed by atoms with E-state index in [1.165, 1.54) is 0 Å². The van der Waals surface area contributed by atoms with Crippen molar-refractivity contribution in [3.05, 3.63) is 26.6 Å². The fourth-order valence-electron chi connectivity index (χ4n) is 2.68. The van der Waals surface area contributed by atoms with Crippen LogP contribution in [0.1, 0.15) is 31.2 Å². The predicted octanol–water partition coefficient (Wildman–Crippen LogP) is 3.35. The van der Waals surface area contributed by atoms with Gasteiger partial charge in [-0.3, -0.25) is 0 Å². The largest absolute Gasteiger partial charge is 0.396 e. The third-order valence-corrected chi connectivity index (χ3v) is 7.26. The number of sulfonamides is 1. The Balaban J connectivity index is 2.28. The molecule has 1 aliphatic carbocycles. The van der Waals surface area contributed by atoms with Crippen molar-refractivity contribution in [3.8, 4) is 0 Å². The zero-order chi connectivity index (χ0) is 15.6. The minimum atomic E-state index is -3.61. The van der Waals surface area contributed by atoms with Crippen molar-refractivity contribution in [1.29, 1.82) is 0 Å². The van der Waals surface area contributed by atoms with Gasteiger partial charge in [-0.2, -0.15) is 0 Å². The van der Waals surface area contributed by atoms with Crippen LogP contribution >= 0.6 is 31.9 Å². The second kappa shape index (κ2) is 7.08. The van der Waals surface area contributed by atoms with Crippen LogP contribution in [0.5, 0.6) is 0 Å². The highest BCUT2D eigenvalue weighted by atomic mass is 79.9. The highest BCUT2D eigenvalue weighted by Crippen LogP contribution is 2.31. The molecule has 2 rings (SSSR count). The predicted molar refractivity (Wildman–Crippen MR) is 89.7 cm³/mol. The van der Waals surface area contributed by atoms with Crippen LogP contribution < -0.4 is 4.72 Å². The molecule has 4 nitrogen and oxygen atoms in total. The Labute approximate surface area is 142 Å². The summed E-state index contributed by atoms with van der Waals surface area (Å²) in [7, 11) is -3.61. The molecule has 0 aliphatic heterocycles. The van der Waals surface area contributed by atoms with E-state index in [1.807, 2.05) is 6.92 Å². The molecule has 0 spiro atoms. The summed E-state index contributed by atoms with van der Waals surface area (Å²) in [6, 6.07) is 3.20. The number of nitrogens with one attached hydrogen (secondary N) is 1. The van der Waals surface area contributed by atoms with Gasteiger partial charge >= 0.3 is 0 Å². The molecule has 2 unspecified atom stereocenters. The quantitative estimate of drug-likeness (QED) is 0.754. The van der Waals surface area contributed by atoms with E-state index in [-0.39, 0.29) is 23.5 Å². The van der Waals surface area contributed by atoms with Gasteiger partial charge < -0.3 is 5.11 Å². The van der Waals surface area contributed by atoms with Crippen LogP contribution in [0.25, 0.3) is 0 Å². The molecule has 118 valence electrons. The van der Waals surface area contributed by atoms with Crippen molar-refractivity contribution in [3.63, 3.8) is 0 Å². The van der Waals surface area contributed by atoms with Crippen molar-refractivity contribution in [2.45, 2.75) is 43.5 Å². The fourth-order valence-corrected chi connectivity index (χ4v) is 5.69. The second-order valence-electron chi connectivity index (χ2n) is 5.49. The summed E-state index contributed by atoms with van der Waals surface area (Å²) in [6.45, 7) is 1.92. The van der Waals surface area contributed by atoms with Gasteiger partial charge in [0.05, 0.1) is 4.90 Å². The van der Waals surface area contributed by atoms with Crippen molar-refractivity contribution in [1.82, 2.24) is 4.72 Å². The Morgan fingerprint density at radius 2 is 1.90 bits per heavy atom. The maximum atomic E-state index is 12.6. The van der Waals surface area contributed by atoms with Crippen molar-refractivity contribution in [2.24, 2.45) is 5.92 Å². The van der Waals surface area contributed by atoms with Gasteiger partial charge in [-0.1, -0.05) is 28.8 Å². The third-order valence-electron chi connectivity index (χ3n) is 3.95. The third kappa shape index (κ3) is 4.07. The molecular weight excluding hydrogens is 422 g/mol. The first-order valence-electron chi connectivity index (χ1n) is 6.94. The summed E-state index contributed by atoms with van der Waals surface area (Å²) in [5.41, 5.74) is 0.965. The Morgan fingerprint density at radius 3 is 2.57 bits per heavy atom. The minimum absolute atomic E-state index is 0.00110. The SMILES string of the molecule is Cc1cc(Br)c(S(=O)(=O)NC2CCCCC2CO)cc1Br.